The molecule has 5 atom stereocenters. The first-order valence-electron chi connectivity index (χ1n) is 18.3. The molecule has 14 heteroatoms. The van der Waals surface area contributed by atoms with Gasteiger partial charge in [0.2, 0.25) is 5.91 Å². The summed E-state index contributed by atoms with van der Waals surface area (Å²) in [5.41, 5.74) is 0.345. The van der Waals surface area contributed by atoms with Crippen LogP contribution in [0.4, 0.5) is 5.69 Å². The van der Waals surface area contributed by atoms with Gasteiger partial charge in [0.05, 0.1) is 38.0 Å². The minimum absolute atomic E-state index is 0.0601. The van der Waals surface area contributed by atoms with Crippen LogP contribution in [0.3, 0.4) is 0 Å². The predicted octanol–water partition coefficient (Wildman–Crippen LogP) is 3.54. The third kappa shape index (κ3) is 7.20. The monoisotopic (exact) mass is 756 g/mol. The molecule has 0 aromatic heterocycles. The van der Waals surface area contributed by atoms with Crippen LogP contribution in [-0.4, -0.2) is 107 Å². The van der Waals surface area contributed by atoms with Gasteiger partial charge in [0.15, 0.2) is 5.60 Å². The van der Waals surface area contributed by atoms with E-state index in [-0.39, 0.29) is 49.3 Å². The van der Waals surface area contributed by atoms with Gasteiger partial charge >= 0.3 is 10.2 Å². The van der Waals surface area contributed by atoms with Gasteiger partial charge in [0.1, 0.15) is 5.75 Å². The van der Waals surface area contributed by atoms with Gasteiger partial charge < -0.3 is 29.1 Å². The lowest BCUT2D eigenvalue weighted by molar-refractivity contribution is -0.148. The normalized spacial score (nSPS) is 30.7. The maximum absolute atomic E-state index is 14.1. The predicted molar refractivity (Wildman–Crippen MR) is 197 cm³/mol. The zero-order chi connectivity index (χ0) is 36.7. The van der Waals surface area contributed by atoms with Gasteiger partial charge in [0.25, 0.3) is 5.91 Å². The van der Waals surface area contributed by atoms with Crippen LogP contribution in [0.5, 0.6) is 5.75 Å². The van der Waals surface area contributed by atoms with Crippen LogP contribution in [-0.2, 0) is 46.7 Å². The highest BCUT2D eigenvalue weighted by molar-refractivity contribution is 7.87. The van der Waals surface area contributed by atoms with E-state index in [1.807, 2.05) is 12.1 Å². The van der Waals surface area contributed by atoms with Gasteiger partial charge in [-0.05, 0) is 91.3 Å². The van der Waals surface area contributed by atoms with Gasteiger partial charge in [0, 0.05) is 57.3 Å². The summed E-state index contributed by atoms with van der Waals surface area (Å²) in [6, 6.07) is 11.1. The van der Waals surface area contributed by atoms with Crippen molar-refractivity contribution in [2.75, 3.05) is 71.6 Å². The molecule has 2 amide bonds. The highest BCUT2D eigenvalue weighted by atomic mass is 35.5. The van der Waals surface area contributed by atoms with Crippen molar-refractivity contribution in [3.8, 4) is 5.75 Å². The first-order valence-corrected chi connectivity index (χ1v) is 20.1. The summed E-state index contributed by atoms with van der Waals surface area (Å²) in [4.78, 5) is 31.6. The molecule has 7 rings (SSSR count). The molecule has 3 heterocycles. The number of halogens is 1. The van der Waals surface area contributed by atoms with Gasteiger partial charge in [-0.2, -0.15) is 12.7 Å². The van der Waals surface area contributed by atoms with E-state index >= 15 is 0 Å². The molecular weight excluding hydrogens is 708 g/mol. The molecule has 1 saturated heterocycles. The van der Waals surface area contributed by atoms with Crippen molar-refractivity contribution in [2.45, 2.75) is 62.1 Å². The number of aliphatic hydroxyl groups is 1. The Hall–Kier alpha value is -3.20. The van der Waals surface area contributed by atoms with Crippen LogP contribution >= 0.6 is 11.6 Å². The first kappa shape index (κ1) is 37.1. The number of hydrogen-bond donors (Lipinski definition) is 2. The minimum Gasteiger partial charge on any atom is -0.490 e. The van der Waals surface area contributed by atoms with Crippen molar-refractivity contribution in [3.63, 3.8) is 0 Å². The summed E-state index contributed by atoms with van der Waals surface area (Å²) in [5.74, 6) is -0.532. The third-order valence-electron chi connectivity index (χ3n) is 11.8. The molecule has 2 N–H and O–H groups in total. The fourth-order valence-corrected chi connectivity index (χ4v) is 10.0. The van der Waals surface area contributed by atoms with Crippen LogP contribution in [0.15, 0.2) is 48.6 Å². The maximum atomic E-state index is 14.1. The van der Waals surface area contributed by atoms with Crippen molar-refractivity contribution < 1.29 is 37.3 Å². The number of rotatable bonds is 4. The Bertz CT molecular complexity index is 1820. The first-order chi connectivity index (χ1) is 24.9. The standard InChI is InChI=1S/C38H49ClN4O8S/c1-41-15-4-3-7-33(49-2)30-11-8-27(30)23-42-24-37(14-5-6-26-20-29(39)10-12-31(26)37)25-51-34-13-9-28(21-32(34)42)38(46,22-35(41)44)36(45)40-52(47,48)43-16-18-50-19-17-43/h3,7,9-10,12-13,20-21,27,30,33,46H,4-6,8,11,14-19,22-25H2,1-2H3,(H,40,45)/b7-3+/t27-,30+,33-,37-,38+/m0/s1. The van der Waals surface area contributed by atoms with Crippen molar-refractivity contribution in [2.24, 2.45) is 11.8 Å². The van der Waals surface area contributed by atoms with E-state index in [2.05, 4.69) is 27.8 Å². The molecule has 5 aliphatic rings. The van der Waals surface area contributed by atoms with Gasteiger partial charge in [-0.15, -0.1) is 0 Å². The Balaban J connectivity index is 1.32. The number of aryl methyl sites for hydroxylation is 1. The summed E-state index contributed by atoms with van der Waals surface area (Å²) in [7, 11) is -0.992. The van der Waals surface area contributed by atoms with Crippen molar-refractivity contribution in [3.05, 3.63) is 70.3 Å². The summed E-state index contributed by atoms with van der Waals surface area (Å²) in [6.07, 6.45) is 8.76. The lowest BCUT2D eigenvalue weighted by atomic mass is 9.68. The Kier molecular flexibility index (Phi) is 10.6. The maximum Gasteiger partial charge on any atom is 0.304 e. The summed E-state index contributed by atoms with van der Waals surface area (Å²) in [6.45, 7) is 2.55. The molecule has 2 aliphatic carbocycles. The number of morpholine rings is 1. The fraction of sp³-hybridized carbons (Fsp3) is 0.579. The number of carbonyl (C=O) groups excluding carboxylic acids is 2. The van der Waals surface area contributed by atoms with Crippen LogP contribution < -0.4 is 14.4 Å². The third-order valence-corrected chi connectivity index (χ3v) is 13.6. The van der Waals surface area contributed by atoms with Crippen molar-refractivity contribution in [1.29, 1.82) is 0 Å². The Morgan fingerprint density at radius 3 is 2.67 bits per heavy atom. The van der Waals surface area contributed by atoms with E-state index in [0.717, 1.165) is 36.4 Å². The second-order valence-corrected chi connectivity index (χ2v) is 17.1. The molecule has 1 spiro atoms. The molecule has 52 heavy (non-hydrogen) atoms. The second-order valence-electron chi connectivity index (χ2n) is 15.0. The molecule has 2 fully saturated rings. The lowest BCUT2D eigenvalue weighted by Crippen LogP contribution is -2.54. The number of nitrogens with zero attached hydrogens (tertiary/aromatic N) is 3. The van der Waals surface area contributed by atoms with E-state index in [4.69, 9.17) is 25.8 Å². The van der Waals surface area contributed by atoms with E-state index in [9.17, 15) is 23.1 Å². The average Bonchev–Trinajstić information content (AvgIpc) is 3.27. The van der Waals surface area contributed by atoms with Crippen LogP contribution in [0.2, 0.25) is 5.02 Å². The molecular formula is C38H49ClN4O8S. The Morgan fingerprint density at radius 2 is 1.92 bits per heavy atom. The molecule has 3 aliphatic heterocycles. The summed E-state index contributed by atoms with van der Waals surface area (Å²) >= 11 is 6.46. The number of hydrogen-bond acceptors (Lipinski definition) is 9. The molecule has 2 aromatic carbocycles. The zero-order valence-corrected chi connectivity index (χ0v) is 31.5. The summed E-state index contributed by atoms with van der Waals surface area (Å²) in [5, 5.41) is 13.1. The number of benzene rings is 2. The lowest BCUT2D eigenvalue weighted by Gasteiger charge is -2.46. The number of methoxy groups -OCH3 is 1. The van der Waals surface area contributed by atoms with E-state index in [0.29, 0.717) is 55.0 Å². The van der Waals surface area contributed by atoms with Crippen molar-refractivity contribution >= 4 is 39.3 Å². The quantitative estimate of drug-likeness (QED) is 0.449. The zero-order valence-electron chi connectivity index (χ0n) is 29.9. The van der Waals surface area contributed by atoms with Gasteiger partial charge in [-0.25, -0.2) is 4.72 Å². The molecule has 12 nitrogen and oxygen atoms in total. The molecule has 2 aromatic rings. The molecule has 0 radical (unpaired) electrons. The van der Waals surface area contributed by atoms with Crippen molar-refractivity contribution in [1.82, 2.24) is 13.9 Å². The molecule has 2 bridgehead atoms. The summed E-state index contributed by atoms with van der Waals surface area (Å²) < 4.78 is 47.9. The van der Waals surface area contributed by atoms with E-state index in [1.165, 1.54) is 16.0 Å². The number of fused-ring (bicyclic) bond motifs is 4. The topological polar surface area (TPSA) is 138 Å². The number of anilines is 1. The van der Waals surface area contributed by atoms with E-state index < -0.39 is 34.0 Å². The van der Waals surface area contributed by atoms with Gasteiger partial charge in [-0.3, -0.25) is 9.59 Å². The molecule has 1 saturated carbocycles. The molecule has 282 valence electrons. The second kappa shape index (κ2) is 14.9. The highest BCUT2D eigenvalue weighted by Gasteiger charge is 2.47. The number of amides is 2. The molecule has 0 unspecified atom stereocenters. The van der Waals surface area contributed by atoms with Crippen LogP contribution in [0.1, 0.15) is 55.2 Å². The minimum atomic E-state index is -4.34. The van der Waals surface area contributed by atoms with Gasteiger partial charge in [-0.1, -0.05) is 35.9 Å². The fourth-order valence-electron chi connectivity index (χ4n) is 8.65. The Morgan fingerprint density at radius 1 is 1.12 bits per heavy atom. The van der Waals surface area contributed by atoms with E-state index in [1.54, 1.807) is 32.4 Å². The highest BCUT2D eigenvalue weighted by Crippen LogP contribution is 2.48. The SMILES string of the molecule is CO[C@H]1/C=C/CCN(C)C(=O)C[C@](O)(C(=O)NS(=O)(=O)N2CCOCC2)c2ccc3c(c2)N(C[C@@H]2CC[C@H]21)C[C@@]1(CCCc2cc(Cl)ccc21)CO3. The largest absolute Gasteiger partial charge is 0.490 e. The smallest absolute Gasteiger partial charge is 0.304 e. The number of ether oxygens (including phenoxy) is 3. The average molecular weight is 757 g/mol. The van der Waals surface area contributed by atoms with Crippen LogP contribution in [0, 0.1) is 11.8 Å². The Labute approximate surface area is 311 Å². The number of carbonyl (C=O) groups is 2. The number of nitrogens with one attached hydrogen (secondary N) is 1. The van der Waals surface area contributed by atoms with Crippen LogP contribution in [0.25, 0.3) is 0 Å².